The molecule has 3 aromatic rings. The number of Topliss-reactive ketones (excluding diaryl/α,β-unsaturated/α-hetero) is 1. The molecule has 254 valence electrons. The average molecular weight is 703 g/mol. The number of aliphatic carboxylic acids is 2. The highest BCUT2D eigenvalue weighted by Gasteiger charge is 2.30. The van der Waals surface area contributed by atoms with Crippen molar-refractivity contribution < 1.29 is 57.1 Å². The molecule has 0 fully saturated rings. The predicted molar refractivity (Wildman–Crippen MR) is 174 cm³/mol. The van der Waals surface area contributed by atoms with E-state index < -0.39 is 64.3 Å². The highest BCUT2D eigenvalue weighted by Crippen LogP contribution is 2.23. The molecule has 0 aliphatic rings. The lowest BCUT2D eigenvalue weighted by molar-refractivity contribution is -0.147. The van der Waals surface area contributed by atoms with Crippen molar-refractivity contribution >= 4 is 56.4 Å². The van der Waals surface area contributed by atoms with Crippen LogP contribution in [0.25, 0.3) is 0 Å². The summed E-state index contributed by atoms with van der Waals surface area (Å²) in [5, 5.41) is 23.2. The van der Waals surface area contributed by atoms with Gasteiger partial charge in [-0.15, -0.1) is 9.05 Å². The number of hydrogen-bond acceptors (Lipinski definition) is 10. The summed E-state index contributed by atoms with van der Waals surface area (Å²) in [6, 6.07) is 23.4. The minimum atomic E-state index is -2.08. The molecular formula is C32H36N2O12P2+2. The Kier molecular flexibility index (Phi) is 17.3. The summed E-state index contributed by atoms with van der Waals surface area (Å²) < 4.78 is 38.6. The van der Waals surface area contributed by atoms with Gasteiger partial charge in [-0.25, -0.2) is 9.59 Å². The maximum atomic E-state index is 12.3. The van der Waals surface area contributed by atoms with Gasteiger partial charge in [0, 0.05) is 0 Å². The minimum absolute atomic E-state index is 0.00979. The van der Waals surface area contributed by atoms with Crippen LogP contribution in [0.4, 0.5) is 4.79 Å². The summed E-state index contributed by atoms with van der Waals surface area (Å²) >= 11 is 0. The third kappa shape index (κ3) is 15.1. The van der Waals surface area contributed by atoms with Crippen LogP contribution in [0.1, 0.15) is 25.8 Å². The first-order chi connectivity index (χ1) is 22.9. The zero-order chi connectivity index (χ0) is 35.5. The van der Waals surface area contributed by atoms with E-state index in [9.17, 15) is 33.1 Å². The van der Waals surface area contributed by atoms with E-state index in [2.05, 4.69) is 10.6 Å². The Balaban J connectivity index is 0.000000338. The molecule has 14 nitrogen and oxygen atoms in total. The fraction of sp³-hybridized carbons (Fsp3) is 0.281. The summed E-state index contributed by atoms with van der Waals surface area (Å²) in [4.78, 5) is 57.5. The number of carbonyl (C=O) groups is 5. The van der Waals surface area contributed by atoms with Gasteiger partial charge in [-0.05, 0) is 44.9 Å². The maximum Gasteiger partial charge on any atom is 0.549 e. The van der Waals surface area contributed by atoms with Crippen molar-refractivity contribution in [2.24, 2.45) is 5.92 Å². The van der Waals surface area contributed by atoms with E-state index in [0.717, 1.165) is 5.56 Å². The van der Waals surface area contributed by atoms with Crippen molar-refractivity contribution in [3.63, 3.8) is 0 Å². The van der Waals surface area contributed by atoms with Crippen LogP contribution in [0.2, 0.25) is 0 Å². The van der Waals surface area contributed by atoms with E-state index in [-0.39, 0.29) is 25.7 Å². The number of amides is 2. The molecule has 0 heterocycles. The smallest absolute Gasteiger partial charge is 0.481 e. The molecule has 2 amide bonds. The third-order valence-electron chi connectivity index (χ3n) is 6.05. The number of carboxylic acids is 2. The Morgan fingerprint density at radius 3 is 1.58 bits per heavy atom. The summed E-state index contributed by atoms with van der Waals surface area (Å²) in [5.74, 6) is -4.44. The molecule has 0 radical (unpaired) electrons. The van der Waals surface area contributed by atoms with Crippen molar-refractivity contribution in [2.45, 2.75) is 39.0 Å². The van der Waals surface area contributed by atoms with Crippen LogP contribution in [0, 0.1) is 5.92 Å². The first kappa shape index (κ1) is 39.3. The van der Waals surface area contributed by atoms with Gasteiger partial charge in [-0.1, -0.05) is 80.6 Å². The second kappa shape index (κ2) is 21.1. The van der Waals surface area contributed by atoms with Crippen molar-refractivity contribution in [2.75, 3.05) is 13.2 Å². The number of alkyl carbamates (subject to hydrolysis) is 1. The summed E-state index contributed by atoms with van der Waals surface area (Å²) in [7, 11) is -4.15. The standard InChI is InChI=1S/C17H22N2O7.C15H14O5P2/c1-10(2)14(15(22)18-12(16(23)24)8-13(20)21)19-17(25)26-9-11-6-4-3-5-7-11;16-13(11-19-21(17)14-7-3-1-4-8-14)12-20-22(18)15-9-5-2-6-10-15/h3-7,10,12,14H,8-9H2,1-2H3,(H,18,22)(H,19,25)(H,20,21)(H,23,24);1-10H,11-12H2/q;+2/t12-,14-;/m0./s1. The molecule has 0 spiro atoms. The Bertz CT molecular complexity index is 1480. The molecule has 4 atom stereocenters. The number of carboxylic acid groups (broad SMARTS) is 2. The quantitative estimate of drug-likeness (QED) is 0.148. The lowest BCUT2D eigenvalue weighted by atomic mass is 10.0. The van der Waals surface area contributed by atoms with Crippen LogP contribution in [0.5, 0.6) is 0 Å². The third-order valence-corrected chi connectivity index (χ3v) is 8.21. The SMILES string of the molecule is CC(C)[C@H](NC(=O)OCc1ccccc1)C(=O)N[C@@H](CC(=O)O)C(=O)O.O=C(CO[P+](=O)c1ccccc1)CO[P+](=O)c1ccccc1. The maximum absolute atomic E-state index is 12.3. The van der Waals surface area contributed by atoms with Crippen molar-refractivity contribution in [1.29, 1.82) is 0 Å². The molecule has 0 aliphatic heterocycles. The Labute approximate surface area is 278 Å². The van der Waals surface area contributed by atoms with Gasteiger partial charge < -0.3 is 25.6 Å². The van der Waals surface area contributed by atoms with Crippen LogP contribution < -0.4 is 21.2 Å². The largest absolute Gasteiger partial charge is 0.549 e. The molecule has 0 saturated carbocycles. The van der Waals surface area contributed by atoms with Gasteiger partial charge in [0.05, 0.1) is 6.42 Å². The van der Waals surface area contributed by atoms with Gasteiger partial charge in [0.25, 0.3) is 0 Å². The average Bonchev–Trinajstić information content (AvgIpc) is 3.08. The minimum Gasteiger partial charge on any atom is -0.481 e. The number of ketones is 1. The van der Waals surface area contributed by atoms with Crippen molar-refractivity contribution in [3.05, 3.63) is 96.6 Å². The lowest BCUT2D eigenvalue weighted by Crippen LogP contribution is -2.54. The van der Waals surface area contributed by atoms with Crippen molar-refractivity contribution in [1.82, 2.24) is 10.6 Å². The summed E-state index contributed by atoms with van der Waals surface area (Å²) in [6.45, 7) is 2.61. The van der Waals surface area contributed by atoms with Gasteiger partial charge in [-0.2, -0.15) is 0 Å². The number of hydrogen-bond donors (Lipinski definition) is 4. The van der Waals surface area contributed by atoms with E-state index in [4.69, 9.17) is 24.0 Å². The number of ether oxygens (including phenoxy) is 1. The van der Waals surface area contributed by atoms with Gasteiger partial charge in [0.2, 0.25) is 16.5 Å². The highest BCUT2D eigenvalue weighted by molar-refractivity contribution is 7.48. The van der Waals surface area contributed by atoms with E-state index in [1.807, 2.05) is 6.07 Å². The van der Waals surface area contributed by atoms with Crippen LogP contribution in [-0.2, 0) is 48.7 Å². The zero-order valence-electron chi connectivity index (χ0n) is 26.1. The van der Waals surface area contributed by atoms with Gasteiger partial charge >= 0.3 is 34.1 Å². The Morgan fingerprint density at radius 1 is 0.708 bits per heavy atom. The fourth-order valence-electron chi connectivity index (χ4n) is 3.61. The van der Waals surface area contributed by atoms with Crippen LogP contribution in [0.15, 0.2) is 91.0 Å². The van der Waals surface area contributed by atoms with Crippen LogP contribution >= 0.6 is 16.1 Å². The summed E-state index contributed by atoms with van der Waals surface area (Å²) in [6.07, 6.45) is -1.61. The molecule has 2 unspecified atom stereocenters. The fourth-order valence-corrected chi connectivity index (χ4v) is 5.27. The lowest BCUT2D eigenvalue weighted by Gasteiger charge is -2.23. The summed E-state index contributed by atoms with van der Waals surface area (Å²) in [5.41, 5.74) is 0.764. The van der Waals surface area contributed by atoms with Crippen LogP contribution in [0.3, 0.4) is 0 Å². The monoisotopic (exact) mass is 702 g/mol. The van der Waals surface area contributed by atoms with Crippen molar-refractivity contribution in [3.8, 4) is 0 Å². The Morgan fingerprint density at radius 2 is 1.17 bits per heavy atom. The topological polar surface area (TPSA) is 212 Å². The predicted octanol–water partition coefficient (Wildman–Crippen LogP) is 3.71. The van der Waals surface area contributed by atoms with E-state index in [1.54, 1.807) is 98.8 Å². The molecular weight excluding hydrogens is 666 g/mol. The normalized spacial score (nSPS) is 12.3. The van der Waals surface area contributed by atoms with Crippen LogP contribution in [-0.4, -0.2) is 65.2 Å². The molecule has 3 aromatic carbocycles. The molecule has 4 N–H and O–H groups in total. The van der Waals surface area contributed by atoms with Gasteiger partial charge in [-0.3, -0.25) is 14.4 Å². The number of rotatable bonds is 17. The first-order valence-electron chi connectivity index (χ1n) is 14.4. The highest BCUT2D eigenvalue weighted by atomic mass is 31.1. The van der Waals surface area contributed by atoms with E-state index >= 15 is 0 Å². The molecule has 3 rings (SSSR count). The molecule has 48 heavy (non-hydrogen) atoms. The number of carbonyl (C=O) groups excluding carboxylic acids is 3. The number of benzene rings is 3. The zero-order valence-corrected chi connectivity index (χ0v) is 27.9. The van der Waals surface area contributed by atoms with E-state index in [1.165, 1.54) is 0 Å². The van der Waals surface area contributed by atoms with Gasteiger partial charge in [0.1, 0.15) is 18.7 Å². The molecule has 0 aliphatic carbocycles. The van der Waals surface area contributed by atoms with E-state index in [0.29, 0.717) is 10.6 Å². The molecule has 16 heteroatoms. The van der Waals surface area contributed by atoms with Gasteiger partial charge in [0.15, 0.2) is 19.0 Å². The second-order valence-corrected chi connectivity index (χ2v) is 12.8. The Hall–Kier alpha value is -4.87. The first-order valence-corrected chi connectivity index (χ1v) is 16.8. The number of nitrogens with one attached hydrogen (secondary N) is 2. The molecule has 0 aromatic heterocycles. The molecule has 0 bridgehead atoms. The second-order valence-electron chi connectivity index (χ2n) is 10.2. The molecule has 0 saturated heterocycles.